The average molecular weight is 419 g/mol. The Morgan fingerprint density at radius 3 is 2.31 bits per heavy atom. The van der Waals surface area contributed by atoms with Gasteiger partial charge >= 0.3 is 0 Å². The molecular weight excluding hydrogens is 391 g/mol. The van der Waals surface area contributed by atoms with Crippen molar-refractivity contribution in [3.05, 3.63) is 70.5 Å². The first-order chi connectivity index (χ1) is 13.8. The second-order valence-electron chi connectivity index (χ2n) is 7.20. The van der Waals surface area contributed by atoms with Crippen LogP contribution in [0, 0.1) is 5.82 Å². The van der Waals surface area contributed by atoms with Gasteiger partial charge in [-0.15, -0.1) is 0 Å². The van der Waals surface area contributed by atoms with Crippen LogP contribution < -0.4 is 5.32 Å². The molecule has 29 heavy (non-hydrogen) atoms. The Morgan fingerprint density at radius 1 is 1.07 bits per heavy atom. The van der Waals surface area contributed by atoms with Gasteiger partial charge in [-0.05, 0) is 44.4 Å². The molecule has 2 amide bonds. The van der Waals surface area contributed by atoms with Crippen LogP contribution in [0.25, 0.3) is 0 Å². The van der Waals surface area contributed by atoms with Gasteiger partial charge in [-0.2, -0.15) is 0 Å². The zero-order valence-corrected chi connectivity index (χ0v) is 17.9. The van der Waals surface area contributed by atoms with E-state index in [1.54, 1.807) is 31.2 Å². The molecule has 1 N–H and O–H groups in total. The third-order valence-corrected chi connectivity index (χ3v) is 5.40. The van der Waals surface area contributed by atoms with Crippen molar-refractivity contribution >= 4 is 23.4 Å². The number of hydrogen-bond acceptors (Lipinski definition) is 2. The number of carbonyl (C=O) groups is 2. The minimum absolute atomic E-state index is 0.00140. The molecule has 2 aromatic rings. The molecular formula is C23H28ClFN2O2. The molecule has 6 heteroatoms. The fourth-order valence-electron chi connectivity index (χ4n) is 2.94. The first kappa shape index (κ1) is 22.9. The van der Waals surface area contributed by atoms with Crippen molar-refractivity contribution in [2.45, 2.75) is 58.7 Å². The van der Waals surface area contributed by atoms with Crippen LogP contribution in [0.15, 0.2) is 48.5 Å². The Bertz CT molecular complexity index is 843. The van der Waals surface area contributed by atoms with E-state index >= 15 is 0 Å². The minimum Gasteiger partial charge on any atom is -0.352 e. The highest BCUT2D eigenvalue weighted by Crippen LogP contribution is 2.19. The maximum atomic E-state index is 14.2. The Kier molecular flexibility index (Phi) is 8.65. The molecule has 0 heterocycles. The van der Waals surface area contributed by atoms with Gasteiger partial charge in [0, 0.05) is 29.6 Å². The van der Waals surface area contributed by atoms with E-state index in [1.807, 2.05) is 32.0 Å². The summed E-state index contributed by atoms with van der Waals surface area (Å²) in [7, 11) is 0. The highest BCUT2D eigenvalue weighted by molar-refractivity contribution is 6.31. The van der Waals surface area contributed by atoms with Crippen LogP contribution in [0.4, 0.5) is 4.39 Å². The van der Waals surface area contributed by atoms with Crippen LogP contribution in [0.3, 0.4) is 0 Å². The van der Waals surface area contributed by atoms with E-state index in [0.717, 1.165) is 12.0 Å². The fourth-order valence-corrected chi connectivity index (χ4v) is 3.17. The number of nitrogens with one attached hydrogen (secondary N) is 1. The van der Waals surface area contributed by atoms with E-state index in [0.29, 0.717) is 17.0 Å². The molecule has 0 fully saturated rings. The number of nitrogens with zero attached hydrogens (tertiary/aromatic N) is 1. The molecule has 4 nitrogen and oxygen atoms in total. The van der Waals surface area contributed by atoms with E-state index in [9.17, 15) is 14.0 Å². The predicted molar refractivity (Wildman–Crippen MR) is 114 cm³/mol. The van der Waals surface area contributed by atoms with Gasteiger partial charge in [0.15, 0.2) is 0 Å². The summed E-state index contributed by atoms with van der Waals surface area (Å²) in [6.07, 6.45) is 1.41. The molecule has 0 aliphatic carbocycles. The highest BCUT2D eigenvalue weighted by Gasteiger charge is 2.27. The fraction of sp³-hybridized carbons (Fsp3) is 0.391. The Hall–Kier alpha value is -2.40. The number of amides is 2. The van der Waals surface area contributed by atoms with Gasteiger partial charge in [-0.25, -0.2) is 4.39 Å². The van der Waals surface area contributed by atoms with Gasteiger partial charge in [-0.3, -0.25) is 9.59 Å². The van der Waals surface area contributed by atoms with E-state index in [1.165, 1.54) is 11.0 Å². The SMILES string of the molecule is CC[C@@H](C)NC(=O)[C@@H](C)N(Cc1ccccc1F)C(=O)CCc1ccccc1Cl. The third kappa shape index (κ3) is 6.57. The number of aryl methyl sites for hydroxylation is 1. The van der Waals surface area contributed by atoms with Gasteiger partial charge in [0.25, 0.3) is 0 Å². The van der Waals surface area contributed by atoms with Crippen LogP contribution in [0.5, 0.6) is 0 Å². The monoisotopic (exact) mass is 418 g/mol. The van der Waals surface area contributed by atoms with Gasteiger partial charge in [0.05, 0.1) is 0 Å². The molecule has 2 aromatic carbocycles. The number of carbonyl (C=O) groups excluding carboxylic acids is 2. The highest BCUT2D eigenvalue weighted by atomic mass is 35.5. The molecule has 0 radical (unpaired) electrons. The van der Waals surface area contributed by atoms with Crippen molar-refractivity contribution in [2.75, 3.05) is 0 Å². The van der Waals surface area contributed by atoms with E-state index in [-0.39, 0.29) is 30.8 Å². The molecule has 0 spiro atoms. The number of halogens is 2. The summed E-state index contributed by atoms with van der Waals surface area (Å²) in [5.41, 5.74) is 1.24. The molecule has 0 aromatic heterocycles. The van der Waals surface area contributed by atoms with Gasteiger partial charge in [0.1, 0.15) is 11.9 Å². The smallest absolute Gasteiger partial charge is 0.242 e. The molecule has 2 atom stereocenters. The van der Waals surface area contributed by atoms with Crippen LogP contribution in [-0.2, 0) is 22.6 Å². The lowest BCUT2D eigenvalue weighted by Crippen LogP contribution is -2.49. The Balaban J connectivity index is 2.18. The lowest BCUT2D eigenvalue weighted by molar-refractivity contribution is -0.140. The summed E-state index contributed by atoms with van der Waals surface area (Å²) in [6, 6.07) is 12.9. The summed E-state index contributed by atoms with van der Waals surface area (Å²) in [5, 5.41) is 3.50. The van der Waals surface area contributed by atoms with E-state index in [2.05, 4.69) is 5.32 Å². The second kappa shape index (κ2) is 11.0. The summed E-state index contributed by atoms with van der Waals surface area (Å²) in [5.74, 6) is -0.868. The molecule has 0 saturated heterocycles. The van der Waals surface area contributed by atoms with Gasteiger partial charge in [-0.1, -0.05) is 54.9 Å². The van der Waals surface area contributed by atoms with Crippen molar-refractivity contribution in [2.24, 2.45) is 0 Å². The Labute approximate surface area is 177 Å². The molecule has 156 valence electrons. The first-order valence-corrected chi connectivity index (χ1v) is 10.3. The molecule has 0 aliphatic heterocycles. The Morgan fingerprint density at radius 2 is 1.69 bits per heavy atom. The standard InChI is InChI=1S/C23H28ClFN2O2/c1-4-16(2)26-23(29)17(3)27(15-19-10-6-8-12-21(19)25)22(28)14-13-18-9-5-7-11-20(18)24/h5-12,16-17H,4,13-15H2,1-3H3,(H,26,29)/t16-,17-/m1/s1. The number of rotatable bonds is 9. The minimum atomic E-state index is -0.720. The van der Waals surface area contributed by atoms with Crippen molar-refractivity contribution < 1.29 is 14.0 Å². The largest absolute Gasteiger partial charge is 0.352 e. The van der Waals surface area contributed by atoms with Crippen molar-refractivity contribution in [1.82, 2.24) is 10.2 Å². The van der Waals surface area contributed by atoms with Gasteiger partial charge in [0.2, 0.25) is 11.8 Å². The van der Waals surface area contributed by atoms with Crippen LogP contribution in [-0.4, -0.2) is 28.8 Å². The quantitative estimate of drug-likeness (QED) is 0.639. The third-order valence-electron chi connectivity index (χ3n) is 5.03. The summed E-state index contributed by atoms with van der Waals surface area (Å²) in [6.45, 7) is 5.58. The topological polar surface area (TPSA) is 49.4 Å². The van der Waals surface area contributed by atoms with Gasteiger partial charge < -0.3 is 10.2 Å². The summed E-state index contributed by atoms with van der Waals surface area (Å²) >= 11 is 6.19. The number of hydrogen-bond donors (Lipinski definition) is 1. The zero-order valence-electron chi connectivity index (χ0n) is 17.1. The molecule has 0 saturated carbocycles. The summed E-state index contributed by atoms with van der Waals surface area (Å²) in [4.78, 5) is 27.1. The summed E-state index contributed by atoms with van der Waals surface area (Å²) < 4.78 is 14.2. The predicted octanol–water partition coefficient (Wildman–Crippen LogP) is 4.74. The van der Waals surface area contributed by atoms with Crippen LogP contribution >= 0.6 is 11.6 Å². The van der Waals surface area contributed by atoms with Crippen LogP contribution in [0.2, 0.25) is 5.02 Å². The maximum absolute atomic E-state index is 14.2. The van der Waals surface area contributed by atoms with Crippen LogP contribution in [0.1, 0.15) is 44.7 Å². The normalized spacial score (nSPS) is 12.9. The molecule has 0 unspecified atom stereocenters. The second-order valence-corrected chi connectivity index (χ2v) is 7.61. The van der Waals surface area contributed by atoms with Crippen molar-refractivity contribution in [1.29, 1.82) is 0 Å². The van der Waals surface area contributed by atoms with Crippen molar-refractivity contribution in [3.8, 4) is 0 Å². The van der Waals surface area contributed by atoms with E-state index in [4.69, 9.17) is 11.6 Å². The van der Waals surface area contributed by atoms with E-state index < -0.39 is 11.9 Å². The average Bonchev–Trinajstić information content (AvgIpc) is 2.71. The number of benzene rings is 2. The lowest BCUT2D eigenvalue weighted by Gasteiger charge is -2.30. The zero-order chi connectivity index (χ0) is 21.4. The first-order valence-electron chi connectivity index (χ1n) is 9.90. The van der Waals surface area contributed by atoms with Crippen molar-refractivity contribution in [3.63, 3.8) is 0 Å². The maximum Gasteiger partial charge on any atom is 0.242 e. The lowest BCUT2D eigenvalue weighted by atomic mass is 10.1. The molecule has 0 aliphatic rings. The molecule has 0 bridgehead atoms. The molecule has 2 rings (SSSR count).